The maximum absolute atomic E-state index is 8.70. The van der Waals surface area contributed by atoms with Crippen LogP contribution in [0, 0.1) is 6.85 Å². The molecule has 1 aliphatic carbocycles. The molecule has 1 aliphatic heterocycles. The molecule has 80 heavy (non-hydrogen) atoms. The fourth-order valence-electron chi connectivity index (χ4n) is 12.0. The first-order chi connectivity index (χ1) is 39.1. The molecule has 0 radical (unpaired) electrons. The highest BCUT2D eigenvalue weighted by Crippen LogP contribution is 2.52. The van der Waals surface area contributed by atoms with E-state index in [-0.39, 0.29) is 32.6 Å². The van der Waals surface area contributed by atoms with Crippen LogP contribution in [0.1, 0.15) is 140 Å². The lowest BCUT2D eigenvalue weighted by Gasteiger charge is -2.42. The van der Waals surface area contributed by atoms with Crippen LogP contribution in [0.4, 0.5) is 34.3 Å². The van der Waals surface area contributed by atoms with Gasteiger partial charge in [-0.25, -0.2) is 4.98 Å². The van der Waals surface area contributed by atoms with E-state index in [1.54, 1.807) is 12.1 Å². The van der Waals surface area contributed by atoms with E-state index >= 15 is 0 Å². The number of hydrogen-bond donors (Lipinski definition) is 1. The summed E-state index contributed by atoms with van der Waals surface area (Å²) in [5.41, 5.74) is 20.1. The third kappa shape index (κ3) is 10.6. The van der Waals surface area contributed by atoms with E-state index in [2.05, 4.69) is 233 Å². The van der Waals surface area contributed by atoms with E-state index in [0.29, 0.717) is 35.2 Å². The van der Waals surface area contributed by atoms with Gasteiger partial charge in [-0.1, -0.05) is 217 Å². The maximum Gasteiger partial charge on any atom is 0.130 e. The van der Waals surface area contributed by atoms with Crippen LogP contribution in [0.15, 0.2) is 188 Å². The summed E-state index contributed by atoms with van der Waals surface area (Å²) in [6, 6.07) is 63.9. The van der Waals surface area contributed by atoms with Crippen LogP contribution in [0.2, 0.25) is 0 Å². The van der Waals surface area contributed by atoms with Gasteiger partial charge in [0.05, 0.1) is 17.1 Å². The Morgan fingerprint density at radius 2 is 1.11 bits per heavy atom. The number of aromatic nitrogens is 1. The summed E-state index contributed by atoms with van der Waals surface area (Å²) in [5, 5.41) is 3.59. The third-order valence-electron chi connectivity index (χ3n) is 16.8. The average molecular weight is 1060 g/mol. The zero-order valence-corrected chi connectivity index (χ0v) is 49.3. The molecule has 8 aromatic carbocycles. The summed E-state index contributed by atoms with van der Waals surface area (Å²) in [7, 11) is 0. The maximum atomic E-state index is 8.70. The van der Waals surface area contributed by atoms with Crippen LogP contribution < -0.4 is 19.9 Å². The first-order valence-corrected chi connectivity index (χ1v) is 28.6. The number of nitrogens with zero attached hydrogens (tertiary/aromatic N) is 3. The van der Waals surface area contributed by atoms with Gasteiger partial charge in [-0.15, -0.1) is 0 Å². The molecule has 0 bridgehead atoms. The van der Waals surface area contributed by atoms with Crippen LogP contribution in [-0.2, 0) is 27.1 Å². The molecular weight excluding hydrogens is 973 g/mol. The molecule has 0 saturated carbocycles. The topological polar surface area (TPSA) is 40.6 Å². The largest absolute Gasteiger partial charge is 0.457 e. The zero-order valence-electron chi connectivity index (χ0n) is 52.3. The van der Waals surface area contributed by atoms with E-state index < -0.39 is 6.85 Å². The summed E-state index contributed by atoms with van der Waals surface area (Å²) in [5.74, 6) is 1.96. The summed E-state index contributed by atoms with van der Waals surface area (Å²) in [6.07, 6.45) is 4.28. The van der Waals surface area contributed by atoms with Crippen molar-refractivity contribution in [3.8, 4) is 56.0 Å². The summed E-state index contributed by atoms with van der Waals surface area (Å²) in [4.78, 5) is 9.88. The van der Waals surface area contributed by atoms with Gasteiger partial charge in [-0.05, 0) is 151 Å². The lowest BCUT2D eigenvalue weighted by molar-refractivity contribution is 0.332. The molecule has 406 valence electrons. The average Bonchev–Trinajstić information content (AvgIpc) is 2.50. The Morgan fingerprint density at radius 3 is 1.77 bits per heavy atom. The number of para-hydroxylation sites is 3. The number of anilines is 6. The monoisotopic (exact) mass is 1060 g/mol. The Bertz CT molecular complexity index is 3860. The van der Waals surface area contributed by atoms with Crippen molar-refractivity contribution in [1.29, 1.82) is 0 Å². The predicted octanol–water partition coefficient (Wildman–Crippen LogP) is 21.1. The van der Waals surface area contributed by atoms with Gasteiger partial charge in [-0.2, -0.15) is 0 Å². The Hall–Kier alpha value is -7.89. The quantitative estimate of drug-likeness (QED) is 0.148. The predicted molar refractivity (Wildman–Crippen MR) is 340 cm³/mol. The Morgan fingerprint density at radius 1 is 0.500 bits per heavy atom. The van der Waals surface area contributed by atoms with Gasteiger partial charge in [0.2, 0.25) is 0 Å². The molecular formula is C75H80N4O. The van der Waals surface area contributed by atoms with Gasteiger partial charge >= 0.3 is 0 Å². The number of rotatable bonds is 10. The molecule has 1 N–H and O–H groups in total. The number of benzene rings is 8. The number of hydrogen-bond acceptors (Lipinski definition) is 5. The van der Waals surface area contributed by atoms with Crippen molar-refractivity contribution in [3.63, 3.8) is 0 Å². The lowest BCUT2D eigenvalue weighted by Crippen LogP contribution is -2.33. The molecule has 2 aliphatic rings. The minimum Gasteiger partial charge on any atom is -0.457 e. The van der Waals surface area contributed by atoms with Crippen LogP contribution in [0.3, 0.4) is 0 Å². The minimum absolute atomic E-state index is 0.0472. The molecule has 9 aromatic rings. The normalized spacial score (nSPS) is 15.6. The molecule has 0 fully saturated rings. The standard InChI is InChI=1S/C75H80N4O/c1-49-23-20-30-65(77-68-46-63(73(8,9)10)61(47-76-68)52-35-38-62-64(43-52)75(13,14)40-39-74(62,11)12)69(49)51-33-36-57(37-34-51)80-58-27-21-26-56(45-58)78-48-79(67-32-19-18-31-66(67)78)70-59(50-24-16-15-17-25-50)28-22-29-60(70)53-41-54(71(2,3)4)44-55(42-53)72(5,6)7/h15-38,41-47H,39-40,48H2,1-14H3,(H,76,77)/i1D3. The lowest BCUT2D eigenvalue weighted by atomic mass is 9.63. The van der Waals surface area contributed by atoms with Crippen LogP contribution in [0.25, 0.3) is 44.5 Å². The number of nitrogens with one attached hydrogen (secondary N) is 1. The third-order valence-corrected chi connectivity index (χ3v) is 16.8. The van der Waals surface area contributed by atoms with Crippen molar-refractivity contribution in [2.24, 2.45) is 0 Å². The molecule has 1 aromatic heterocycles. The molecule has 5 heteroatoms. The van der Waals surface area contributed by atoms with E-state index in [9.17, 15) is 0 Å². The Labute approximate surface area is 482 Å². The second-order valence-electron chi connectivity index (χ2n) is 26.7. The van der Waals surface area contributed by atoms with Crippen LogP contribution in [0.5, 0.6) is 11.5 Å². The van der Waals surface area contributed by atoms with E-state index in [1.807, 2.05) is 48.7 Å². The smallest absolute Gasteiger partial charge is 0.130 e. The van der Waals surface area contributed by atoms with Gasteiger partial charge in [0.1, 0.15) is 24.0 Å². The van der Waals surface area contributed by atoms with Crippen molar-refractivity contribution in [1.82, 2.24) is 4.98 Å². The van der Waals surface area contributed by atoms with E-state index in [4.69, 9.17) is 13.8 Å². The van der Waals surface area contributed by atoms with Gasteiger partial charge in [0.25, 0.3) is 0 Å². The SMILES string of the molecule is [2H]C([2H])([2H])c1cccc(Nc2cc(C(C)(C)C)c(-c3ccc4c(c3)C(C)(C)CCC4(C)C)cn2)c1-c1ccc(Oc2cccc(N3CN(c4c(-c5ccccc5)cccc4-c4cc(C(C)(C)C)cc(C(C)(C)C)c4)c4ccccc43)c2)cc1. The first-order valence-electron chi connectivity index (χ1n) is 30.1. The Kier molecular flexibility index (Phi) is 12.8. The molecule has 0 atom stereocenters. The Balaban J connectivity index is 0.903. The highest BCUT2D eigenvalue weighted by molar-refractivity contribution is 5.99. The molecule has 0 unspecified atom stereocenters. The molecule has 0 amide bonds. The molecule has 2 heterocycles. The number of ether oxygens (including phenoxy) is 1. The molecule has 0 spiro atoms. The van der Waals surface area contributed by atoms with Crippen LogP contribution in [-0.4, -0.2) is 11.7 Å². The van der Waals surface area contributed by atoms with Crippen molar-refractivity contribution in [2.45, 2.75) is 137 Å². The van der Waals surface area contributed by atoms with Gasteiger partial charge in [0, 0.05) is 50.0 Å². The summed E-state index contributed by atoms with van der Waals surface area (Å²) < 4.78 is 32.8. The molecule has 0 saturated heterocycles. The highest BCUT2D eigenvalue weighted by Gasteiger charge is 2.38. The molecule has 11 rings (SSSR count). The highest BCUT2D eigenvalue weighted by atomic mass is 16.5. The zero-order chi connectivity index (χ0) is 59.0. The second-order valence-corrected chi connectivity index (χ2v) is 26.7. The first kappa shape index (κ1) is 50.3. The van der Waals surface area contributed by atoms with Crippen molar-refractivity contribution >= 4 is 34.3 Å². The van der Waals surface area contributed by atoms with Crippen LogP contribution >= 0.6 is 0 Å². The molecule has 5 nitrogen and oxygen atoms in total. The minimum atomic E-state index is -2.38. The summed E-state index contributed by atoms with van der Waals surface area (Å²) in [6.45, 7) is 28.1. The van der Waals surface area contributed by atoms with Crippen molar-refractivity contribution in [3.05, 3.63) is 222 Å². The van der Waals surface area contributed by atoms with E-state index in [0.717, 1.165) is 69.0 Å². The fourth-order valence-corrected chi connectivity index (χ4v) is 12.0. The number of aryl methyl sites for hydroxylation is 1. The number of pyridine rings is 1. The van der Waals surface area contributed by atoms with Crippen molar-refractivity contribution in [2.75, 3.05) is 21.8 Å². The van der Waals surface area contributed by atoms with Gasteiger partial charge < -0.3 is 19.9 Å². The van der Waals surface area contributed by atoms with Gasteiger partial charge in [-0.3, -0.25) is 0 Å². The van der Waals surface area contributed by atoms with Gasteiger partial charge in [0.15, 0.2) is 0 Å². The number of fused-ring (bicyclic) bond motifs is 2. The van der Waals surface area contributed by atoms with E-state index in [1.165, 1.54) is 33.4 Å². The summed E-state index contributed by atoms with van der Waals surface area (Å²) >= 11 is 0. The van der Waals surface area contributed by atoms with Crippen molar-refractivity contribution < 1.29 is 8.85 Å². The second kappa shape index (κ2) is 20.3. The fraction of sp³-hybridized carbons (Fsp3) is 0.293.